The van der Waals surface area contributed by atoms with Crippen LogP contribution >= 0.6 is 47.6 Å². The second-order valence-electron chi connectivity index (χ2n) is 33.5. The number of aromatic nitrogens is 6. The number of hydrogen-bond acceptors (Lipinski definition) is 15. The van der Waals surface area contributed by atoms with Gasteiger partial charge in [-0.05, 0) is 197 Å². The van der Waals surface area contributed by atoms with E-state index in [-0.39, 0.29) is 112 Å². The first-order chi connectivity index (χ1) is 67.9. The van der Waals surface area contributed by atoms with Crippen LogP contribution < -0.4 is 143 Å². The van der Waals surface area contributed by atoms with E-state index in [2.05, 4.69) is 429 Å². The zero-order valence-electron chi connectivity index (χ0n) is 81.7. The van der Waals surface area contributed by atoms with Gasteiger partial charge in [-0.1, -0.05) is 370 Å². The summed E-state index contributed by atoms with van der Waals surface area (Å²) in [6, 6.07) is 147. The molecule has 1 aliphatic heterocycles. The summed E-state index contributed by atoms with van der Waals surface area (Å²) in [5, 5.41) is 69.8. The molecule has 1 saturated heterocycles. The van der Waals surface area contributed by atoms with E-state index in [0.717, 1.165) is 9.94 Å². The quantitative estimate of drug-likeness (QED) is 0.0162. The molecule has 0 unspecified atom stereocenters. The van der Waals surface area contributed by atoms with Gasteiger partial charge in [0, 0.05) is 53.9 Å². The number of carbonyl (C=O) groups is 1. The van der Waals surface area contributed by atoms with E-state index >= 15 is 0 Å². The standard InChI is InChI=1S/C18H14FN5O.4C18H15P.C13H11BrN4O.C11H15BFNO2.CH2O3.2Na.Pd.H/c1-18(2,10-21)11-25-14-5-15(12-3-4-16(19)22-7-12)17-13(6-20)8-23-24(17)9-14;4*1-4-10-16(11-5-1)19(17-12-6-2-7-13-17)18-14-8-3-9-15-18;1-13(2,7-16)8-19-10-3-11(14)12-9(4-15)5-17-18(12)6-10;1-10(2)11(3,4)16-12(15-10)8-5-6-9(13)14-7-8;2-1-4-3;;;;/h3-5,7-9H,11H2,1-2H3;4*1-15H;3,5-6H,8H2,1-2H3;5-7H,1-4H3;1,3H;;;;/q;;;;;;;;2*+1;;-1/p-1. The maximum Gasteiger partial charge on any atom is 1.00 e. The van der Waals surface area contributed by atoms with Crippen LogP contribution in [0.4, 0.5) is 8.78 Å². The Balaban J connectivity index is 0.000000204. The molecule has 1 fully saturated rings. The Bertz CT molecular complexity index is 6210. The SMILES string of the molecule is CC(C)(C#N)COc1cc(-c2ccc(F)nc2)c2c(C#N)cnn2c1.CC(C)(C#N)COc1cc(Br)c2c(C#N)cnn2c1.CC1(C)OB(c2ccc(F)nc2)OC1(C)C.O=CO[O-].[H-].[Na+].[Na+].[Pd].c1ccc(P(c2ccccc2)c2ccccc2)cc1.c1ccc(P(c2ccccc2)c2ccccc2)cc1.c1ccc(P(c2ccccc2)c2ccccc2)cc1.c1ccc(P(c2ccccc2)c2ccccc2)cc1. The Kier molecular flexibility index (Phi) is 46.6. The number of ether oxygens (including phenoxy) is 2. The van der Waals surface area contributed by atoms with Gasteiger partial charge in [0.15, 0.2) is 0 Å². The van der Waals surface area contributed by atoms with E-state index in [9.17, 15) is 14.0 Å². The number of nitriles is 4. The van der Waals surface area contributed by atoms with E-state index in [1.165, 1.54) is 105 Å². The van der Waals surface area contributed by atoms with Gasteiger partial charge in [-0.2, -0.15) is 40.0 Å². The van der Waals surface area contributed by atoms with Crippen molar-refractivity contribution in [2.24, 2.45) is 10.8 Å². The van der Waals surface area contributed by atoms with Gasteiger partial charge in [-0.25, -0.2) is 19.0 Å². The first kappa shape index (κ1) is 115. The number of hydrogen-bond donors (Lipinski definition) is 0. The maximum atomic E-state index is 13.1. The smallest absolute Gasteiger partial charge is 1.00 e. The minimum atomic E-state index is -0.644. The van der Waals surface area contributed by atoms with Gasteiger partial charge in [0.25, 0.3) is 6.47 Å². The first-order valence-electron chi connectivity index (χ1n) is 44.6. The van der Waals surface area contributed by atoms with Crippen molar-refractivity contribution >= 4 is 141 Å². The molecule has 17 nitrogen and oxygen atoms in total. The number of carbonyl (C=O) groups excluding carboxylic acids is 1. The molecule has 0 bridgehead atoms. The molecule has 0 saturated carbocycles. The van der Waals surface area contributed by atoms with Crippen LogP contribution in [-0.4, -0.2) is 67.2 Å². The molecule has 6 aromatic heterocycles. The molecule has 18 aromatic rings. The fourth-order valence-corrected chi connectivity index (χ4v) is 23.9. The third-order valence-corrected chi connectivity index (χ3v) is 32.1. The fourth-order valence-electron chi connectivity index (χ4n) is 14.0. The van der Waals surface area contributed by atoms with Crippen molar-refractivity contribution in [3.63, 3.8) is 0 Å². The molecule has 0 atom stereocenters. The zero-order chi connectivity index (χ0) is 99.1. The molecular weight excluding hydrogens is 2040 g/mol. The van der Waals surface area contributed by atoms with Crippen molar-refractivity contribution < 1.29 is 123 Å². The molecule has 12 aromatic carbocycles. The normalized spacial score (nSPS) is 11.7. The average molecular weight is 2140 g/mol. The summed E-state index contributed by atoms with van der Waals surface area (Å²) in [6.07, 6.45) is 9.12. The molecule has 0 amide bonds. The summed E-state index contributed by atoms with van der Waals surface area (Å²) < 4.78 is 52.6. The predicted molar refractivity (Wildman–Crippen MR) is 569 cm³/mol. The molecular formula is C115H102BBrF2N10Na2O7P4Pd. The summed E-state index contributed by atoms with van der Waals surface area (Å²) in [5.41, 5.74) is 2.23. The van der Waals surface area contributed by atoms with Gasteiger partial charge in [0.05, 0.1) is 81.1 Å². The fraction of sp³-hybridized carbons (Fsp3) is 0.122. The van der Waals surface area contributed by atoms with Crippen molar-refractivity contribution in [3.05, 3.63) is 465 Å². The van der Waals surface area contributed by atoms with Gasteiger partial charge in [0.1, 0.15) is 36.9 Å². The van der Waals surface area contributed by atoms with Crippen LogP contribution in [0.25, 0.3) is 22.2 Å². The zero-order valence-corrected chi connectivity index (χ0v) is 91.4. The molecule has 0 N–H and O–H groups in total. The molecule has 0 aliphatic carbocycles. The van der Waals surface area contributed by atoms with Gasteiger partial charge in [0.2, 0.25) is 11.9 Å². The van der Waals surface area contributed by atoms with Crippen LogP contribution in [0.5, 0.6) is 11.5 Å². The number of nitrogens with zero attached hydrogens (tertiary/aromatic N) is 10. The number of fused-ring (bicyclic) bond motifs is 2. The Morgan fingerprint density at radius 1 is 0.399 bits per heavy atom. The van der Waals surface area contributed by atoms with Crippen LogP contribution in [0.15, 0.2) is 442 Å². The number of benzene rings is 12. The van der Waals surface area contributed by atoms with E-state index in [1.807, 2.05) is 41.5 Å². The van der Waals surface area contributed by atoms with E-state index in [1.54, 1.807) is 55.0 Å². The van der Waals surface area contributed by atoms with Crippen molar-refractivity contribution in [2.75, 3.05) is 13.2 Å². The van der Waals surface area contributed by atoms with Crippen molar-refractivity contribution in [2.45, 2.75) is 66.6 Å². The van der Waals surface area contributed by atoms with Gasteiger partial charge >= 0.3 is 66.2 Å². The maximum absolute atomic E-state index is 13.1. The molecule has 7 heterocycles. The van der Waals surface area contributed by atoms with Crippen molar-refractivity contribution in [3.8, 4) is 46.9 Å². The molecule has 28 heteroatoms. The van der Waals surface area contributed by atoms with Crippen LogP contribution in [-0.2, 0) is 39.4 Å². The molecule has 0 radical (unpaired) electrons. The molecule has 1 aliphatic rings. The second kappa shape index (κ2) is 58.1. The van der Waals surface area contributed by atoms with Crippen molar-refractivity contribution in [1.82, 2.24) is 29.2 Å². The summed E-state index contributed by atoms with van der Waals surface area (Å²) in [4.78, 5) is 18.5. The average Bonchev–Trinajstić information content (AvgIpc) is 1.62. The summed E-state index contributed by atoms with van der Waals surface area (Å²) >= 11 is 3.40. The van der Waals surface area contributed by atoms with Gasteiger partial charge in [-0.15, -0.1) is 0 Å². The third-order valence-electron chi connectivity index (χ3n) is 21.7. The van der Waals surface area contributed by atoms with Crippen LogP contribution in [0.2, 0.25) is 0 Å². The minimum absolute atomic E-state index is 0. The van der Waals surface area contributed by atoms with Crippen LogP contribution in [0.3, 0.4) is 0 Å². The number of halogens is 3. The van der Waals surface area contributed by atoms with Crippen LogP contribution in [0, 0.1) is 68.0 Å². The Morgan fingerprint density at radius 2 is 0.643 bits per heavy atom. The topological polar surface area (TPSA) is 242 Å². The summed E-state index contributed by atoms with van der Waals surface area (Å²) in [7, 11) is -2.26. The molecule has 19 rings (SSSR count). The molecule has 143 heavy (non-hydrogen) atoms. The largest absolute Gasteiger partial charge is 1.00 e. The Labute approximate surface area is 909 Å². The minimum Gasteiger partial charge on any atom is -1.00 e. The van der Waals surface area contributed by atoms with Crippen LogP contribution in [0.1, 0.15) is 67.9 Å². The van der Waals surface area contributed by atoms with Gasteiger partial charge < -0.3 is 30.4 Å². The van der Waals surface area contributed by atoms with E-state index < -0.39 is 61.5 Å². The molecule has 0 spiro atoms. The van der Waals surface area contributed by atoms with E-state index in [0.29, 0.717) is 44.8 Å². The summed E-state index contributed by atoms with van der Waals surface area (Å²) in [6.45, 7) is 15.4. The predicted octanol–water partition coefficient (Wildman–Crippen LogP) is 14.1. The number of rotatable bonds is 21. The van der Waals surface area contributed by atoms with Crippen molar-refractivity contribution in [1.29, 1.82) is 21.0 Å². The number of pyridine rings is 4. The monoisotopic (exact) mass is 2140 g/mol. The Hall–Kier alpha value is -12.0. The van der Waals surface area contributed by atoms with Gasteiger partial charge in [-0.3, -0.25) is 4.79 Å². The second-order valence-corrected chi connectivity index (χ2v) is 43.3. The molecule has 710 valence electrons. The van der Waals surface area contributed by atoms with E-state index in [4.69, 9.17) is 44.6 Å². The summed E-state index contributed by atoms with van der Waals surface area (Å²) in [5.74, 6) is -0.00439. The third kappa shape index (κ3) is 33.5. The Morgan fingerprint density at radius 3 is 0.874 bits per heavy atom. The first-order valence-corrected chi connectivity index (χ1v) is 50.8.